The molecule has 1 aromatic heterocycles. The zero-order valence-corrected chi connectivity index (χ0v) is 14.0. The predicted octanol–water partition coefficient (Wildman–Crippen LogP) is 4.14. The van der Waals surface area contributed by atoms with Gasteiger partial charge in [-0.1, -0.05) is 52.3 Å². The SMILES string of the molecule is O=C(Nc1cnn(CCc2ccccc2)c1)c1cccc(Br)c1. The number of nitrogens with one attached hydrogen (secondary N) is 1. The minimum Gasteiger partial charge on any atom is -0.319 e. The van der Waals surface area contributed by atoms with Gasteiger partial charge in [-0.25, -0.2) is 0 Å². The Morgan fingerprint density at radius 3 is 2.74 bits per heavy atom. The van der Waals surface area contributed by atoms with E-state index in [0.717, 1.165) is 17.4 Å². The number of nitrogens with zero attached hydrogens (tertiary/aromatic N) is 2. The molecular weight excluding hydrogens is 354 g/mol. The van der Waals surface area contributed by atoms with E-state index in [-0.39, 0.29) is 5.91 Å². The van der Waals surface area contributed by atoms with Crippen molar-refractivity contribution in [3.8, 4) is 0 Å². The van der Waals surface area contributed by atoms with Gasteiger partial charge in [0.05, 0.1) is 11.9 Å². The lowest BCUT2D eigenvalue weighted by Crippen LogP contribution is -2.11. The van der Waals surface area contributed by atoms with E-state index in [9.17, 15) is 4.79 Å². The van der Waals surface area contributed by atoms with Crippen LogP contribution in [0.15, 0.2) is 71.5 Å². The number of anilines is 1. The smallest absolute Gasteiger partial charge is 0.255 e. The highest BCUT2D eigenvalue weighted by molar-refractivity contribution is 9.10. The second kappa shape index (κ2) is 7.24. The number of carbonyl (C=O) groups is 1. The maximum absolute atomic E-state index is 12.2. The summed E-state index contributed by atoms with van der Waals surface area (Å²) < 4.78 is 2.72. The zero-order chi connectivity index (χ0) is 16.1. The van der Waals surface area contributed by atoms with Crippen LogP contribution in [-0.2, 0) is 13.0 Å². The Hall–Kier alpha value is -2.40. The number of carbonyl (C=O) groups excluding carboxylic acids is 1. The molecule has 0 atom stereocenters. The van der Waals surface area contributed by atoms with Crippen LogP contribution in [0.1, 0.15) is 15.9 Å². The number of hydrogen-bond donors (Lipinski definition) is 1. The molecule has 3 rings (SSSR count). The summed E-state index contributed by atoms with van der Waals surface area (Å²) in [6.07, 6.45) is 4.42. The van der Waals surface area contributed by atoms with Crippen molar-refractivity contribution in [2.24, 2.45) is 0 Å². The Morgan fingerprint density at radius 1 is 1.13 bits per heavy atom. The molecule has 0 aliphatic heterocycles. The fourth-order valence-electron chi connectivity index (χ4n) is 2.27. The molecule has 2 aromatic carbocycles. The maximum Gasteiger partial charge on any atom is 0.255 e. The summed E-state index contributed by atoms with van der Waals surface area (Å²) in [5, 5.41) is 7.15. The Bertz CT molecular complexity index is 799. The summed E-state index contributed by atoms with van der Waals surface area (Å²) in [5.41, 5.74) is 2.57. The third kappa shape index (κ3) is 4.29. The standard InChI is InChI=1S/C18H16BrN3O/c19-16-8-4-7-15(11-16)18(23)21-17-12-20-22(13-17)10-9-14-5-2-1-3-6-14/h1-8,11-13H,9-10H2,(H,21,23). The van der Waals surface area contributed by atoms with E-state index in [1.807, 2.05) is 41.2 Å². The van der Waals surface area contributed by atoms with Gasteiger partial charge in [-0.05, 0) is 30.2 Å². The molecular formula is C18H16BrN3O. The lowest BCUT2D eigenvalue weighted by atomic mass is 10.1. The molecule has 0 unspecified atom stereocenters. The third-order valence-electron chi connectivity index (χ3n) is 3.45. The summed E-state index contributed by atoms with van der Waals surface area (Å²) in [5.74, 6) is -0.145. The molecule has 23 heavy (non-hydrogen) atoms. The summed E-state index contributed by atoms with van der Waals surface area (Å²) in [7, 11) is 0. The van der Waals surface area contributed by atoms with E-state index in [0.29, 0.717) is 11.3 Å². The summed E-state index contributed by atoms with van der Waals surface area (Å²) >= 11 is 3.37. The maximum atomic E-state index is 12.2. The molecule has 0 radical (unpaired) electrons. The topological polar surface area (TPSA) is 46.9 Å². The molecule has 1 N–H and O–H groups in total. The molecule has 0 aliphatic carbocycles. The van der Waals surface area contributed by atoms with Crippen molar-refractivity contribution in [1.29, 1.82) is 0 Å². The fraction of sp³-hybridized carbons (Fsp3) is 0.111. The number of amides is 1. The second-order valence-electron chi connectivity index (χ2n) is 5.19. The van der Waals surface area contributed by atoms with Crippen LogP contribution < -0.4 is 5.32 Å². The molecule has 0 spiro atoms. The summed E-state index contributed by atoms with van der Waals surface area (Å²) in [6, 6.07) is 17.5. The number of rotatable bonds is 5. The molecule has 1 amide bonds. The molecule has 0 fully saturated rings. The Kier molecular flexibility index (Phi) is 4.88. The highest BCUT2D eigenvalue weighted by Gasteiger charge is 2.08. The van der Waals surface area contributed by atoms with Gasteiger partial charge in [0.2, 0.25) is 0 Å². The van der Waals surface area contributed by atoms with Gasteiger partial charge in [-0.3, -0.25) is 9.48 Å². The summed E-state index contributed by atoms with van der Waals surface area (Å²) in [4.78, 5) is 12.2. The number of halogens is 1. The van der Waals surface area contributed by atoms with Gasteiger partial charge < -0.3 is 5.32 Å². The Morgan fingerprint density at radius 2 is 1.96 bits per heavy atom. The van der Waals surface area contributed by atoms with Gasteiger partial charge in [0, 0.05) is 22.8 Å². The normalized spacial score (nSPS) is 10.5. The average Bonchev–Trinajstić information content (AvgIpc) is 3.01. The minimum atomic E-state index is -0.145. The van der Waals surface area contributed by atoms with Crippen molar-refractivity contribution >= 4 is 27.5 Å². The van der Waals surface area contributed by atoms with Crippen LogP contribution in [0.25, 0.3) is 0 Å². The van der Waals surface area contributed by atoms with Gasteiger partial charge in [0.1, 0.15) is 0 Å². The molecule has 4 nitrogen and oxygen atoms in total. The van der Waals surface area contributed by atoms with Gasteiger partial charge in [0.25, 0.3) is 5.91 Å². The Balaban J connectivity index is 1.60. The lowest BCUT2D eigenvalue weighted by Gasteiger charge is -2.03. The van der Waals surface area contributed by atoms with E-state index in [1.165, 1.54) is 5.56 Å². The van der Waals surface area contributed by atoms with E-state index in [1.54, 1.807) is 18.3 Å². The molecule has 116 valence electrons. The first kappa shape index (κ1) is 15.5. The number of aryl methyl sites for hydroxylation is 2. The van der Waals surface area contributed by atoms with Crippen molar-refractivity contribution < 1.29 is 4.79 Å². The van der Waals surface area contributed by atoms with Gasteiger partial charge >= 0.3 is 0 Å². The predicted molar refractivity (Wildman–Crippen MR) is 94.5 cm³/mol. The molecule has 0 saturated carbocycles. The van der Waals surface area contributed by atoms with Crippen molar-refractivity contribution in [3.05, 3.63) is 82.6 Å². The van der Waals surface area contributed by atoms with E-state index in [2.05, 4.69) is 38.5 Å². The average molecular weight is 370 g/mol. The van der Waals surface area contributed by atoms with Crippen molar-refractivity contribution in [2.75, 3.05) is 5.32 Å². The first-order valence-corrected chi connectivity index (χ1v) is 8.13. The van der Waals surface area contributed by atoms with Crippen molar-refractivity contribution in [3.63, 3.8) is 0 Å². The Labute approximate surface area is 143 Å². The van der Waals surface area contributed by atoms with Gasteiger partial charge in [-0.15, -0.1) is 0 Å². The first-order chi connectivity index (χ1) is 11.2. The van der Waals surface area contributed by atoms with Crippen LogP contribution in [0.2, 0.25) is 0 Å². The molecule has 1 heterocycles. The minimum absolute atomic E-state index is 0.145. The number of aromatic nitrogens is 2. The highest BCUT2D eigenvalue weighted by atomic mass is 79.9. The van der Waals surface area contributed by atoms with Crippen molar-refractivity contribution in [2.45, 2.75) is 13.0 Å². The number of benzene rings is 2. The van der Waals surface area contributed by atoms with E-state index in [4.69, 9.17) is 0 Å². The van der Waals surface area contributed by atoms with Crippen molar-refractivity contribution in [1.82, 2.24) is 9.78 Å². The van der Waals surface area contributed by atoms with E-state index < -0.39 is 0 Å². The van der Waals surface area contributed by atoms with Crippen LogP contribution >= 0.6 is 15.9 Å². The zero-order valence-electron chi connectivity index (χ0n) is 12.4. The third-order valence-corrected chi connectivity index (χ3v) is 3.94. The fourth-order valence-corrected chi connectivity index (χ4v) is 2.67. The monoisotopic (exact) mass is 369 g/mol. The first-order valence-electron chi connectivity index (χ1n) is 7.34. The van der Waals surface area contributed by atoms with Gasteiger partial charge in [0.15, 0.2) is 0 Å². The molecule has 0 bridgehead atoms. The lowest BCUT2D eigenvalue weighted by molar-refractivity contribution is 0.102. The molecule has 5 heteroatoms. The van der Waals surface area contributed by atoms with Crippen LogP contribution in [0.4, 0.5) is 5.69 Å². The van der Waals surface area contributed by atoms with Crippen LogP contribution in [0, 0.1) is 0 Å². The largest absolute Gasteiger partial charge is 0.319 e. The second-order valence-corrected chi connectivity index (χ2v) is 6.11. The van der Waals surface area contributed by atoms with Gasteiger partial charge in [-0.2, -0.15) is 5.10 Å². The number of hydrogen-bond acceptors (Lipinski definition) is 2. The van der Waals surface area contributed by atoms with Crippen LogP contribution in [0.3, 0.4) is 0 Å². The van der Waals surface area contributed by atoms with E-state index >= 15 is 0 Å². The molecule has 0 aliphatic rings. The molecule has 0 saturated heterocycles. The van der Waals surface area contributed by atoms with Crippen LogP contribution in [0.5, 0.6) is 0 Å². The quantitative estimate of drug-likeness (QED) is 0.734. The summed E-state index contributed by atoms with van der Waals surface area (Å²) in [6.45, 7) is 0.775. The van der Waals surface area contributed by atoms with Crippen LogP contribution in [-0.4, -0.2) is 15.7 Å². The highest BCUT2D eigenvalue weighted by Crippen LogP contribution is 2.14. The molecule has 3 aromatic rings.